The Balaban J connectivity index is 0.990. The van der Waals surface area contributed by atoms with Crippen LogP contribution in [0.5, 0.6) is 0 Å². The molecule has 2 aromatic heterocycles. The fraction of sp³-hybridized carbons (Fsp3) is 0.432. The van der Waals surface area contributed by atoms with Crippen molar-refractivity contribution in [3.63, 3.8) is 0 Å². The number of fused-ring (bicyclic) bond motifs is 1. The molecule has 0 radical (unpaired) electrons. The number of anilines is 1. The third-order valence-electron chi connectivity index (χ3n) is 9.64. The highest BCUT2D eigenvalue weighted by Crippen LogP contribution is 2.61. The van der Waals surface area contributed by atoms with Crippen molar-refractivity contribution in [2.75, 3.05) is 37.8 Å². The van der Waals surface area contributed by atoms with Crippen molar-refractivity contribution in [2.45, 2.75) is 63.8 Å². The number of nitrogens with zero attached hydrogens (tertiary/aromatic N) is 4. The largest absolute Gasteiger partial charge is 0.481 e. The topological polar surface area (TPSA) is 381 Å². The SMILES string of the molecule is CC(C)(COP(=O)(O)OP(=O)(O)OC[C@H]1O[C@@H](n2cnc3c(N)ncnc32)[C@H](O)[C@@H]1OP(=O)(O)O)[C@@H](O)C(=O)NCCC(=O)NCCSC(=O)CCC(=O)c1ccc(-c2ccccc2)cc1. The first-order chi connectivity index (χ1) is 30.9. The lowest BCUT2D eigenvalue weighted by Gasteiger charge is -2.30. The van der Waals surface area contributed by atoms with Gasteiger partial charge in [-0.2, -0.15) is 4.31 Å². The van der Waals surface area contributed by atoms with E-state index in [4.69, 9.17) is 19.5 Å². The molecule has 7 atom stereocenters. The molecular weight excluding hydrogens is 955 g/mol. The second-order valence-corrected chi connectivity index (χ2v) is 20.5. The average molecular weight is 1000 g/mol. The number of amides is 2. The zero-order chi connectivity index (χ0) is 48.5. The Morgan fingerprint density at radius 2 is 1.56 bits per heavy atom. The Bertz CT molecular complexity index is 2500. The maximum atomic E-state index is 12.7. The van der Waals surface area contributed by atoms with Crippen LogP contribution in [0.3, 0.4) is 0 Å². The smallest absolute Gasteiger partial charge is 0.386 e. The summed E-state index contributed by atoms with van der Waals surface area (Å²) in [4.78, 5) is 101. The van der Waals surface area contributed by atoms with E-state index in [-0.39, 0.29) is 66.0 Å². The van der Waals surface area contributed by atoms with Gasteiger partial charge in [0.15, 0.2) is 28.6 Å². The molecule has 2 amide bonds. The van der Waals surface area contributed by atoms with E-state index in [1.807, 2.05) is 42.5 Å². The highest BCUT2D eigenvalue weighted by molar-refractivity contribution is 8.13. The van der Waals surface area contributed by atoms with E-state index >= 15 is 0 Å². The van der Waals surface area contributed by atoms with Crippen LogP contribution in [-0.4, -0.2) is 128 Å². The quantitative estimate of drug-likeness (QED) is 0.0275. The van der Waals surface area contributed by atoms with Gasteiger partial charge in [-0.05, 0) is 11.1 Å². The molecule has 3 heterocycles. The minimum atomic E-state index is -5.60. The van der Waals surface area contributed by atoms with Crippen molar-refractivity contribution in [2.24, 2.45) is 5.41 Å². The summed E-state index contributed by atoms with van der Waals surface area (Å²) < 4.78 is 62.3. The number of aliphatic hydroxyl groups is 2. The van der Waals surface area contributed by atoms with E-state index < -0.39 is 84.6 Å². The number of benzene rings is 2. The molecule has 1 aliphatic rings. The number of imidazole rings is 1. The molecule has 10 N–H and O–H groups in total. The van der Waals surface area contributed by atoms with Crippen LogP contribution >= 0.6 is 35.2 Å². The number of aromatic nitrogens is 4. The minimum absolute atomic E-state index is 0.0137. The van der Waals surface area contributed by atoms with Crippen LogP contribution in [0, 0.1) is 5.41 Å². The first kappa shape index (κ1) is 52.6. The van der Waals surface area contributed by atoms with Gasteiger partial charge in [0.2, 0.25) is 11.8 Å². The number of Topliss-reactive ketones (excluding diaryl/α,β-unsaturated/α-hetero) is 1. The number of ketones is 1. The maximum Gasteiger partial charge on any atom is 0.481 e. The van der Waals surface area contributed by atoms with Crippen LogP contribution in [0.4, 0.5) is 5.82 Å². The summed E-state index contributed by atoms with van der Waals surface area (Å²) in [6.45, 7) is 0.290. The molecule has 25 nitrogen and oxygen atoms in total. The number of hydrogen-bond donors (Lipinski definition) is 9. The Labute approximate surface area is 380 Å². The van der Waals surface area contributed by atoms with E-state index in [0.717, 1.165) is 40.1 Å². The maximum absolute atomic E-state index is 12.7. The zero-order valence-electron chi connectivity index (χ0n) is 35.1. The number of hydrogen-bond acceptors (Lipinski definition) is 19. The highest BCUT2D eigenvalue weighted by atomic mass is 32.2. The van der Waals surface area contributed by atoms with Crippen LogP contribution < -0.4 is 16.4 Å². The van der Waals surface area contributed by atoms with Crippen molar-refractivity contribution in [1.29, 1.82) is 0 Å². The van der Waals surface area contributed by atoms with Crippen LogP contribution in [0.15, 0.2) is 67.3 Å². The standard InChI is InChI=1S/C37H48N7O18P3S/c1-37(2,32(49)35(50)40-15-14-27(46)39-16-17-66-28(47)13-12-25(45)24-10-8-23(9-11-24)22-6-4-3-5-7-22)19-59-65(56,57)62-64(54,55)58-18-26-31(61-63(51,52)53)30(48)36(60-26)44-21-43-29-33(38)41-20-42-34(29)44/h3-11,20-21,26,30-32,36,48-49H,12-19H2,1-2H3,(H,39,46)(H,40,50)(H,54,55)(H,56,57)(H2,38,41,42)(H2,51,52,53)/t26-,30-,31-,32+,36-/m1/s1. The van der Waals surface area contributed by atoms with Crippen LogP contribution in [0.2, 0.25) is 0 Å². The molecule has 4 aromatic rings. The minimum Gasteiger partial charge on any atom is -0.386 e. The number of phosphoric acid groups is 3. The predicted octanol–water partition coefficient (Wildman–Crippen LogP) is 1.99. The molecule has 29 heteroatoms. The number of rotatable bonds is 24. The molecule has 2 aromatic carbocycles. The molecule has 66 heavy (non-hydrogen) atoms. The van der Waals surface area contributed by atoms with E-state index in [1.54, 1.807) is 12.1 Å². The van der Waals surface area contributed by atoms with Gasteiger partial charge in [0.1, 0.15) is 36.3 Å². The lowest BCUT2D eigenvalue weighted by molar-refractivity contribution is -0.137. The molecule has 0 bridgehead atoms. The number of phosphoric ester groups is 3. The van der Waals surface area contributed by atoms with Gasteiger partial charge >= 0.3 is 23.5 Å². The number of nitrogens with two attached hydrogens (primary N) is 1. The summed E-state index contributed by atoms with van der Waals surface area (Å²) in [7, 11) is -16.5. The Morgan fingerprint density at radius 1 is 0.894 bits per heavy atom. The number of aliphatic hydroxyl groups excluding tert-OH is 2. The second-order valence-electron chi connectivity index (χ2n) is 15.2. The molecule has 5 rings (SSSR count). The Hall–Kier alpha value is -4.33. The number of carbonyl (C=O) groups excluding carboxylic acids is 4. The number of carbonyl (C=O) groups is 4. The molecule has 360 valence electrons. The van der Waals surface area contributed by atoms with Crippen molar-refractivity contribution < 1.29 is 85.3 Å². The number of ether oxygens (including phenoxy) is 1. The number of thioether (sulfide) groups is 1. The molecule has 1 aliphatic heterocycles. The molecule has 1 fully saturated rings. The van der Waals surface area contributed by atoms with Crippen molar-refractivity contribution >= 4 is 74.9 Å². The van der Waals surface area contributed by atoms with Gasteiger partial charge in [-0.15, -0.1) is 0 Å². The second kappa shape index (κ2) is 22.6. The third-order valence-corrected chi connectivity index (χ3v) is 13.7. The lowest BCUT2D eigenvalue weighted by Crippen LogP contribution is -2.46. The van der Waals surface area contributed by atoms with Gasteiger partial charge in [-0.25, -0.2) is 28.6 Å². The normalized spacial score (nSPS) is 20.0. The van der Waals surface area contributed by atoms with E-state index in [0.29, 0.717) is 5.56 Å². The van der Waals surface area contributed by atoms with Crippen LogP contribution in [0.1, 0.15) is 49.7 Å². The van der Waals surface area contributed by atoms with E-state index in [2.05, 4.69) is 34.4 Å². The average Bonchev–Trinajstić information content (AvgIpc) is 3.82. The van der Waals surface area contributed by atoms with Crippen molar-refractivity contribution in [3.8, 4) is 11.1 Å². The van der Waals surface area contributed by atoms with Gasteiger partial charge in [0, 0.05) is 49.1 Å². The molecule has 0 saturated carbocycles. The Morgan fingerprint density at radius 3 is 2.24 bits per heavy atom. The summed E-state index contributed by atoms with van der Waals surface area (Å²) in [6, 6.07) is 16.8. The van der Waals surface area contributed by atoms with Crippen molar-refractivity contribution in [3.05, 3.63) is 72.8 Å². The molecule has 1 saturated heterocycles. The third kappa shape index (κ3) is 15.1. The van der Waals surface area contributed by atoms with E-state index in [1.165, 1.54) is 13.8 Å². The molecule has 0 spiro atoms. The summed E-state index contributed by atoms with van der Waals surface area (Å²) in [5.41, 5.74) is 6.69. The zero-order valence-corrected chi connectivity index (χ0v) is 38.6. The molecule has 0 aliphatic carbocycles. The summed E-state index contributed by atoms with van der Waals surface area (Å²) in [5, 5.41) is 26.2. The van der Waals surface area contributed by atoms with Crippen LogP contribution in [-0.2, 0) is 50.7 Å². The lowest BCUT2D eigenvalue weighted by atomic mass is 9.87. The summed E-state index contributed by atoms with van der Waals surface area (Å²) in [6.07, 6.45) is -7.02. The van der Waals surface area contributed by atoms with Gasteiger partial charge in [0.25, 0.3) is 0 Å². The first-order valence-electron chi connectivity index (χ1n) is 19.7. The highest BCUT2D eigenvalue weighted by Gasteiger charge is 2.50. The van der Waals surface area contributed by atoms with E-state index in [9.17, 15) is 62.7 Å². The fourth-order valence-corrected chi connectivity index (χ4v) is 9.71. The summed E-state index contributed by atoms with van der Waals surface area (Å²) >= 11 is 0.955. The monoisotopic (exact) mass is 1000 g/mol. The number of nitrogen functional groups attached to an aromatic ring is 1. The van der Waals surface area contributed by atoms with Crippen molar-refractivity contribution in [1.82, 2.24) is 30.2 Å². The van der Waals surface area contributed by atoms with Gasteiger partial charge in [-0.3, -0.25) is 37.3 Å². The van der Waals surface area contributed by atoms with Crippen LogP contribution in [0.25, 0.3) is 22.3 Å². The molecular formula is C37H48N7O18P3S. The predicted molar refractivity (Wildman–Crippen MR) is 233 cm³/mol. The first-order valence-corrected chi connectivity index (χ1v) is 25.2. The van der Waals surface area contributed by atoms with Gasteiger partial charge in [-0.1, -0.05) is 80.2 Å². The molecule has 2 unspecified atom stereocenters. The van der Waals surface area contributed by atoms with Gasteiger partial charge < -0.3 is 50.9 Å². The van der Waals surface area contributed by atoms with Gasteiger partial charge in [0.05, 0.1) is 19.5 Å². The Kier molecular flexibility index (Phi) is 18.1. The summed E-state index contributed by atoms with van der Waals surface area (Å²) in [5.74, 6) is -1.49. The fourth-order valence-electron chi connectivity index (χ4n) is 6.21. The number of nitrogens with one attached hydrogen (secondary N) is 2.